The van der Waals surface area contributed by atoms with Gasteiger partial charge in [-0.1, -0.05) is 17.7 Å². The highest BCUT2D eigenvalue weighted by atomic mass is 35.5. The minimum Gasteiger partial charge on any atom is -0.481 e. The van der Waals surface area contributed by atoms with Gasteiger partial charge in [0.25, 0.3) is 0 Å². The molecule has 0 unspecified atom stereocenters. The summed E-state index contributed by atoms with van der Waals surface area (Å²) in [4.78, 5) is 30.5. The minimum atomic E-state index is -1.36. The third-order valence-corrected chi connectivity index (χ3v) is 6.83. The molecule has 1 aromatic carbocycles. The van der Waals surface area contributed by atoms with Crippen molar-refractivity contribution in [2.45, 2.75) is 46.2 Å². The Morgan fingerprint density at radius 2 is 2.06 bits per heavy atom. The van der Waals surface area contributed by atoms with Crippen molar-refractivity contribution in [1.29, 1.82) is 0 Å². The number of nitrogens with zero attached hydrogens (tertiary/aromatic N) is 3. The zero-order chi connectivity index (χ0) is 23.8. The predicted molar refractivity (Wildman–Crippen MR) is 125 cm³/mol. The fourth-order valence-electron chi connectivity index (χ4n) is 4.39. The average Bonchev–Trinajstić information content (AvgIpc) is 3.09. The summed E-state index contributed by atoms with van der Waals surface area (Å²) >= 11 is 5.85. The van der Waals surface area contributed by atoms with Gasteiger partial charge in [-0.25, -0.2) is 9.37 Å². The molecule has 2 aromatic heterocycles. The lowest BCUT2D eigenvalue weighted by atomic mass is 9.86. The first-order chi connectivity index (χ1) is 15.7. The molecular weight excluding hydrogens is 445 g/mol. The van der Waals surface area contributed by atoms with Crippen molar-refractivity contribution in [3.63, 3.8) is 0 Å². The molecule has 0 saturated carbocycles. The van der Waals surface area contributed by atoms with Crippen molar-refractivity contribution >= 4 is 34.4 Å². The van der Waals surface area contributed by atoms with Crippen LogP contribution in [0.2, 0.25) is 5.02 Å². The number of carboxylic acid groups (broad SMARTS) is 1. The second-order valence-electron chi connectivity index (χ2n) is 9.12. The van der Waals surface area contributed by atoms with Gasteiger partial charge in [-0.3, -0.25) is 14.5 Å². The summed E-state index contributed by atoms with van der Waals surface area (Å²) in [6.45, 7) is 5.64. The molecule has 0 atom stereocenters. The molecule has 0 radical (unpaired) electrons. The summed E-state index contributed by atoms with van der Waals surface area (Å²) in [6.07, 6.45) is 3.46. The fraction of sp³-hybridized carbons (Fsp3) is 0.400. The van der Waals surface area contributed by atoms with Crippen LogP contribution in [-0.4, -0.2) is 44.4 Å². The van der Waals surface area contributed by atoms with Crippen LogP contribution in [0.1, 0.15) is 43.5 Å². The van der Waals surface area contributed by atoms with Gasteiger partial charge in [-0.2, -0.15) is 0 Å². The Morgan fingerprint density at radius 3 is 2.79 bits per heavy atom. The number of Topliss-reactive ketones (excluding diaryl/α,β-unsaturated/α-hetero) is 1. The van der Waals surface area contributed by atoms with E-state index in [1.165, 1.54) is 25.5 Å². The molecule has 0 spiro atoms. The topological polar surface area (TPSA) is 75.4 Å². The quantitative estimate of drug-likeness (QED) is 0.482. The first-order valence-electron chi connectivity index (χ1n) is 11.1. The lowest BCUT2D eigenvalue weighted by Crippen LogP contribution is -2.35. The Labute approximate surface area is 197 Å². The second-order valence-corrected chi connectivity index (χ2v) is 9.52. The van der Waals surface area contributed by atoms with Gasteiger partial charge in [0.2, 0.25) is 0 Å². The molecule has 33 heavy (non-hydrogen) atoms. The van der Waals surface area contributed by atoms with Gasteiger partial charge < -0.3 is 9.67 Å². The monoisotopic (exact) mass is 471 g/mol. The maximum absolute atomic E-state index is 14.0. The second kappa shape index (κ2) is 9.23. The van der Waals surface area contributed by atoms with Gasteiger partial charge in [0, 0.05) is 43.3 Å². The average molecular weight is 472 g/mol. The van der Waals surface area contributed by atoms with Gasteiger partial charge in [-0.15, -0.1) is 0 Å². The first kappa shape index (κ1) is 23.4. The molecule has 1 aliphatic rings. The molecule has 1 aliphatic heterocycles. The van der Waals surface area contributed by atoms with Gasteiger partial charge in [0.15, 0.2) is 0 Å². The van der Waals surface area contributed by atoms with E-state index in [2.05, 4.69) is 20.5 Å². The number of halogens is 2. The summed E-state index contributed by atoms with van der Waals surface area (Å²) in [5.74, 6) is -1.79. The van der Waals surface area contributed by atoms with Crippen LogP contribution in [0, 0.1) is 11.2 Å². The number of ketones is 1. The number of carbonyl (C=O) groups is 2. The van der Waals surface area contributed by atoms with Gasteiger partial charge in [0.05, 0.1) is 5.02 Å². The summed E-state index contributed by atoms with van der Waals surface area (Å²) in [5, 5.41) is 10.5. The lowest BCUT2D eigenvalue weighted by Gasteiger charge is -2.28. The van der Waals surface area contributed by atoms with Crippen LogP contribution in [0.15, 0.2) is 36.5 Å². The van der Waals surface area contributed by atoms with Crippen LogP contribution in [0.25, 0.3) is 11.0 Å². The Kier molecular flexibility index (Phi) is 6.54. The number of hydrogen-bond acceptors (Lipinski definition) is 4. The maximum Gasteiger partial charge on any atom is 0.316 e. The first-order valence-corrected chi connectivity index (χ1v) is 11.4. The van der Waals surface area contributed by atoms with Crippen LogP contribution in [0.5, 0.6) is 0 Å². The van der Waals surface area contributed by atoms with Gasteiger partial charge >= 0.3 is 5.97 Å². The highest BCUT2D eigenvalue weighted by Crippen LogP contribution is 2.31. The number of hydrogen-bond donors (Lipinski definition) is 1. The van der Waals surface area contributed by atoms with Gasteiger partial charge in [0.1, 0.15) is 22.7 Å². The van der Waals surface area contributed by atoms with E-state index in [1.54, 1.807) is 12.3 Å². The number of rotatable bonds is 8. The number of pyridine rings is 1. The number of aliphatic carboxylic acids is 1. The molecule has 0 aliphatic carbocycles. The van der Waals surface area contributed by atoms with Crippen molar-refractivity contribution in [1.82, 2.24) is 14.5 Å². The minimum absolute atomic E-state index is 0.100. The predicted octanol–water partition coefficient (Wildman–Crippen LogP) is 4.70. The van der Waals surface area contributed by atoms with Crippen molar-refractivity contribution in [2.24, 2.45) is 5.41 Å². The summed E-state index contributed by atoms with van der Waals surface area (Å²) in [6, 6.07) is 8.85. The van der Waals surface area contributed by atoms with E-state index in [-0.39, 0.29) is 17.2 Å². The molecule has 1 N–H and O–H groups in total. The van der Waals surface area contributed by atoms with Crippen molar-refractivity contribution in [3.8, 4) is 0 Å². The summed E-state index contributed by atoms with van der Waals surface area (Å²) in [5.41, 5.74) is 2.72. The molecule has 174 valence electrons. The molecule has 3 aromatic rings. The molecular formula is C25H27ClFN3O3. The van der Waals surface area contributed by atoms with Crippen molar-refractivity contribution in [3.05, 3.63) is 64.2 Å². The molecule has 4 rings (SSSR count). The SMILES string of the molecule is CC(C)(C(=O)O)C(=O)CCCN1CCc2c(n(Cc3ccc(Cl)c(F)c3)c3ncccc23)C1. The number of carboxylic acids is 1. The molecule has 3 heterocycles. The smallest absolute Gasteiger partial charge is 0.316 e. The molecule has 0 amide bonds. The van der Waals surface area contributed by atoms with Crippen LogP contribution in [0.4, 0.5) is 4.39 Å². The number of benzene rings is 1. The largest absolute Gasteiger partial charge is 0.481 e. The highest BCUT2D eigenvalue weighted by molar-refractivity contribution is 6.30. The zero-order valence-corrected chi connectivity index (χ0v) is 19.5. The van der Waals surface area contributed by atoms with E-state index in [4.69, 9.17) is 11.6 Å². The molecule has 0 bridgehead atoms. The van der Waals surface area contributed by atoms with Crippen LogP contribution >= 0.6 is 11.6 Å². The van der Waals surface area contributed by atoms with Crippen molar-refractivity contribution in [2.75, 3.05) is 13.1 Å². The highest BCUT2D eigenvalue weighted by Gasteiger charge is 2.35. The normalized spacial score (nSPS) is 14.4. The molecule has 0 fully saturated rings. The Hall–Kier alpha value is -2.77. The van der Waals surface area contributed by atoms with Crippen molar-refractivity contribution < 1.29 is 19.1 Å². The van der Waals surface area contributed by atoms with E-state index in [0.29, 0.717) is 26.1 Å². The Bertz CT molecular complexity index is 1220. The Morgan fingerprint density at radius 1 is 1.27 bits per heavy atom. The van der Waals surface area contributed by atoms with E-state index in [9.17, 15) is 19.1 Å². The van der Waals surface area contributed by atoms with E-state index >= 15 is 0 Å². The van der Waals surface area contributed by atoms with E-state index in [0.717, 1.165) is 35.3 Å². The molecule has 0 saturated heterocycles. The van der Waals surface area contributed by atoms with Crippen LogP contribution in [-0.2, 0) is 29.1 Å². The van der Waals surface area contributed by atoms with E-state index < -0.39 is 17.2 Å². The van der Waals surface area contributed by atoms with E-state index in [1.807, 2.05) is 12.1 Å². The number of carbonyl (C=O) groups excluding carboxylic acids is 1. The zero-order valence-electron chi connectivity index (χ0n) is 18.8. The van der Waals surface area contributed by atoms with Crippen LogP contribution in [0.3, 0.4) is 0 Å². The third kappa shape index (κ3) is 4.66. The summed E-state index contributed by atoms with van der Waals surface area (Å²) < 4.78 is 16.2. The lowest BCUT2D eigenvalue weighted by molar-refractivity contribution is -0.152. The number of aromatic nitrogens is 2. The molecule has 6 nitrogen and oxygen atoms in total. The fourth-order valence-corrected chi connectivity index (χ4v) is 4.51. The summed E-state index contributed by atoms with van der Waals surface area (Å²) in [7, 11) is 0. The third-order valence-electron chi connectivity index (χ3n) is 6.53. The number of fused-ring (bicyclic) bond motifs is 3. The molecule has 8 heteroatoms. The maximum atomic E-state index is 14.0. The van der Waals surface area contributed by atoms with Crippen LogP contribution < -0.4 is 0 Å². The van der Waals surface area contributed by atoms with Gasteiger partial charge in [-0.05, 0) is 68.6 Å². The standard InChI is InChI=1S/C25H27ClFN3O3/c1-25(2,24(32)33)22(31)6-4-11-29-12-9-17-18-5-3-10-28-23(18)30(21(17)15-29)14-16-7-8-19(26)20(27)13-16/h3,5,7-8,10,13H,4,6,9,11-12,14-15H2,1-2H3,(H,32,33). The Balaban J connectivity index is 1.53.